The molecular formula is C14H19BrN2O. The lowest BCUT2D eigenvalue weighted by atomic mass is 9.96. The molecule has 1 aliphatic heterocycles. The topological polar surface area (TPSA) is 32.3 Å². The fourth-order valence-electron chi connectivity index (χ4n) is 2.31. The van der Waals surface area contributed by atoms with Crippen LogP contribution in [-0.4, -0.2) is 24.0 Å². The number of hydrogen-bond acceptors (Lipinski definition) is 2. The number of benzene rings is 1. The molecule has 0 radical (unpaired) electrons. The number of piperazine rings is 1. The summed E-state index contributed by atoms with van der Waals surface area (Å²) in [4.78, 5) is 14.5. The number of carbonyl (C=O) groups excluding carboxylic acids is 1. The molecule has 1 saturated heterocycles. The van der Waals surface area contributed by atoms with E-state index in [1.54, 1.807) is 0 Å². The van der Waals surface area contributed by atoms with Crippen LogP contribution in [0.25, 0.3) is 0 Å². The molecule has 98 valence electrons. The first kappa shape index (κ1) is 13.6. The fraction of sp³-hybridized carbons (Fsp3) is 0.500. The summed E-state index contributed by atoms with van der Waals surface area (Å²) in [7, 11) is 0. The van der Waals surface area contributed by atoms with Crippen molar-refractivity contribution in [3.63, 3.8) is 0 Å². The van der Waals surface area contributed by atoms with Crippen LogP contribution in [0.5, 0.6) is 0 Å². The van der Waals surface area contributed by atoms with Crippen LogP contribution in [0, 0.1) is 6.92 Å². The molecule has 18 heavy (non-hydrogen) atoms. The molecule has 1 fully saturated rings. The molecule has 0 aliphatic carbocycles. The van der Waals surface area contributed by atoms with Crippen molar-refractivity contribution in [3.8, 4) is 0 Å². The normalized spacial score (nSPS) is 23.3. The number of rotatable bonds is 1. The molecule has 1 N–H and O–H groups in total. The average molecular weight is 311 g/mol. The first-order valence-electron chi connectivity index (χ1n) is 6.18. The molecule has 4 heteroatoms. The van der Waals surface area contributed by atoms with Gasteiger partial charge in [-0.3, -0.25) is 4.79 Å². The van der Waals surface area contributed by atoms with Gasteiger partial charge in [-0.2, -0.15) is 0 Å². The van der Waals surface area contributed by atoms with Crippen molar-refractivity contribution < 1.29 is 4.79 Å². The third kappa shape index (κ3) is 2.31. The largest absolute Gasteiger partial charge is 0.307 e. The number of amides is 1. The maximum absolute atomic E-state index is 12.5. The zero-order valence-corrected chi connectivity index (χ0v) is 12.8. The number of hydrogen-bond donors (Lipinski definition) is 1. The summed E-state index contributed by atoms with van der Waals surface area (Å²) in [5.74, 6) is 0.131. The van der Waals surface area contributed by atoms with Gasteiger partial charge in [-0.1, -0.05) is 15.9 Å². The summed E-state index contributed by atoms with van der Waals surface area (Å²) in [5.41, 5.74) is 1.62. The number of halogens is 1. The maximum atomic E-state index is 12.5. The molecule has 0 bridgehead atoms. The Morgan fingerprint density at radius 1 is 1.44 bits per heavy atom. The van der Waals surface area contributed by atoms with E-state index in [0.717, 1.165) is 22.3 Å². The molecule has 0 aromatic heterocycles. The van der Waals surface area contributed by atoms with Gasteiger partial charge in [0.1, 0.15) is 0 Å². The highest BCUT2D eigenvalue weighted by Crippen LogP contribution is 2.29. The van der Waals surface area contributed by atoms with E-state index in [0.29, 0.717) is 0 Å². The fourth-order valence-corrected chi connectivity index (χ4v) is 2.78. The molecule has 0 saturated carbocycles. The van der Waals surface area contributed by atoms with Crippen molar-refractivity contribution in [1.29, 1.82) is 0 Å². The summed E-state index contributed by atoms with van der Waals surface area (Å²) in [6.07, 6.45) is 0. The van der Waals surface area contributed by atoms with Crippen molar-refractivity contribution in [3.05, 3.63) is 28.2 Å². The van der Waals surface area contributed by atoms with Gasteiger partial charge in [-0.15, -0.1) is 0 Å². The Labute approximate surface area is 117 Å². The van der Waals surface area contributed by atoms with Crippen molar-refractivity contribution in [2.24, 2.45) is 0 Å². The molecule has 0 spiro atoms. The van der Waals surface area contributed by atoms with Crippen molar-refractivity contribution >= 4 is 27.5 Å². The standard InChI is InChI=1S/C14H19BrN2O/c1-9-7-11(15)5-6-12(9)17-10(2)8-16-14(3,4)13(17)18/h5-7,10,16H,8H2,1-4H3. The Balaban J connectivity index is 2.44. The smallest absolute Gasteiger partial charge is 0.247 e. The van der Waals surface area contributed by atoms with Crippen LogP contribution >= 0.6 is 15.9 Å². The highest BCUT2D eigenvalue weighted by molar-refractivity contribution is 9.10. The Morgan fingerprint density at radius 2 is 2.11 bits per heavy atom. The molecule has 1 heterocycles. The summed E-state index contributed by atoms with van der Waals surface area (Å²) in [6, 6.07) is 6.21. The minimum atomic E-state index is -0.494. The lowest BCUT2D eigenvalue weighted by Gasteiger charge is -2.43. The summed E-state index contributed by atoms with van der Waals surface area (Å²) >= 11 is 3.46. The highest BCUT2D eigenvalue weighted by atomic mass is 79.9. The zero-order valence-electron chi connectivity index (χ0n) is 11.2. The monoisotopic (exact) mass is 310 g/mol. The lowest BCUT2D eigenvalue weighted by Crippen LogP contribution is -2.65. The second kappa shape index (κ2) is 4.67. The van der Waals surface area contributed by atoms with Gasteiger partial charge in [0.2, 0.25) is 5.91 Å². The van der Waals surface area contributed by atoms with Gasteiger partial charge < -0.3 is 10.2 Å². The van der Waals surface area contributed by atoms with Gasteiger partial charge in [0, 0.05) is 22.7 Å². The number of carbonyl (C=O) groups is 1. The van der Waals surface area contributed by atoms with Gasteiger partial charge in [-0.25, -0.2) is 0 Å². The third-order valence-corrected chi connectivity index (χ3v) is 3.95. The lowest BCUT2D eigenvalue weighted by molar-refractivity contribution is -0.125. The van der Waals surface area contributed by atoms with Gasteiger partial charge in [0.05, 0.1) is 5.54 Å². The molecule has 3 nitrogen and oxygen atoms in total. The first-order valence-corrected chi connectivity index (χ1v) is 6.97. The molecule has 1 aliphatic rings. The summed E-state index contributed by atoms with van der Waals surface area (Å²) < 4.78 is 1.04. The van der Waals surface area contributed by atoms with E-state index in [4.69, 9.17) is 0 Å². The van der Waals surface area contributed by atoms with E-state index >= 15 is 0 Å². The van der Waals surface area contributed by atoms with E-state index in [-0.39, 0.29) is 11.9 Å². The van der Waals surface area contributed by atoms with E-state index in [1.165, 1.54) is 0 Å². The summed E-state index contributed by atoms with van der Waals surface area (Å²) in [5, 5.41) is 3.29. The second-order valence-electron chi connectivity index (χ2n) is 5.46. The van der Waals surface area contributed by atoms with E-state index in [9.17, 15) is 4.79 Å². The average Bonchev–Trinajstić information content (AvgIpc) is 2.28. The van der Waals surface area contributed by atoms with Crippen molar-refractivity contribution in [2.45, 2.75) is 39.3 Å². The van der Waals surface area contributed by atoms with E-state index in [1.807, 2.05) is 43.9 Å². The van der Waals surface area contributed by atoms with Crippen LogP contribution in [0.2, 0.25) is 0 Å². The Hall–Kier alpha value is -0.870. The second-order valence-corrected chi connectivity index (χ2v) is 6.38. The van der Waals surface area contributed by atoms with Gasteiger partial charge in [0.15, 0.2) is 0 Å². The van der Waals surface area contributed by atoms with E-state index < -0.39 is 5.54 Å². The Morgan fingerprint density at radius 3 is 2.72 bits per heavy atom. The predicted octanol–water partition coefficient (Wildman–Crippen LogP) is 2.86. The molecule has 1 aromatic rings. The van der Waals surface area contributed by atoms with Crippen LogP contribution < -0.4 is 10.2 Å². The quantitative estimate of drug-likeness (QED) is 0.865. The predicted molar refractivity (Wildman–Crippen MR) is 77.9 cm³/mol. The zero-order chi connectivity index (χ0) is 13.5. The molecule has 1 unspecified atom stereocenters. The number of nitrogens with zero attached hydrogens (tertiary/aromatic N) is 1. The molecular weight excluding hydrogens is 292 g/mol. The summed E-state index contributed by atoms with van der Waals surface area (Å²) in [6.45, 7) is 8.79. The van der Waals surface area contributed by atoms with Crippen LogP contribution in [0.15, 0.2) is 22.7 Å². The van der Waals surface area contributed by atoms with Crippen molar-refractivity contribution in [1.82, 2.24) is 5.32 Å². The number of anilines is 1. The molecule has 1 aromatic carbocycles. The van der Waals surface area contributed by atoms with Crippen molar-refractivity contribution in [2.75, 3.05) is 11.4 Å². The van der Waals surface area contributed by atoms with Crippen LogP contribution in [-0.2, 0) is 4.79 Å². The minimum Gasteiger partial charge on any atom is -0.307 e. The van der Waals surface area contributed by atoms with E-state index in [2.05, 4.69) is 28.2 Å². The molecule has 1 atom stereocenters. The van der Waals surface area contributed by atoms with Crippen LogP contribution in [0.3, 0.4) is 0 Å². The SMILES string of the molecule is Cc1cc(Br)ccc1N1C(=O)C(C)(C)NCC1C. The minimum absolute atomic E-state index is 0.131. The highest BCUT2D eigenvalue weighted by Gasteiger charge is 2.39. The van der Waals surface area contributed by atoms with Crippen LogP contribution in [0.4, 0.5) is 5.69 Å². The number of aryl methyl sites for hydroxylation is 1. The number of nitrogens with one attached hydrogen (secondary N) is 1. The van der Waals surface area contributed by atoms with Crippen LogP contribution in [0.1, 0.15) is 26.3 Å². The Bertz CT molecular complexity index is 485. The van der Waals surface area contributed by atoms with Gasteiger partial charge in [0.25, 0.3) is 0 Å². The molecule has 1 amide bonds. The molecule has 2 rings (SSSR count). The third-order valence-electron chi connectivity index (χ3n) is 3.45. The van der Waals surface area contributed by atoms with Gasteiger partial charge in [-0.05, 0) is 51.5 Å². The van der Waals surface area contributed by atoms with Gasteiger partial charge >= 0.3 is 0 Å². The maximum Gasteiger partial charge on any atom is 0.247 e. The first-order chi connectivity index (χ1) is 8.33. The Kier molecular flexibility index (Phi) is 3.52.